The summed E-state index contributed by atoms with van der Waals surface area (Å²) in [6, 6.07) is 0.684. The van der Waals surface area contributed by atoms with Gasteiger partial charge in [0.1, 0.15) is 0 Å². The van der Waals surface area contributed by atoms with E-state index >= 15 is 0 Å². The van der Waals surface area contributed by atoms with E-state index in [4.69, 9.17) is 5.11 Å². The van der Waals surface area contributed by atoms with Crippen LogP contribution in [-0.4, -0.2) is 34.6 Å². The summed E-state index contributed by atoms with van der Waals surface area (Å²) in [5.41, 5.74) is 0.403. The van der Waals surface area contributed by atoms with Gasteiger partial charge in [-0.15, -0.1) is 0 Å². The third kappa shape index (κ3) is 3.70. The molecule has 1 rings (SSSR count). The quantitative estimate of drug-likeness (QED) is 0.804. The first-order valence-electron chi connectivity index (χ1n) is 6.74. The topological polar surface area (TPSA) is 40.5 Å². The molecule has 100 valence electrons. The fraction of sp³-hybridized carbons (Fsp3) is 0.929. The molecule has 1 saturated carbocycles. The maximum absolute atomic E-state index is 10.8. The van der Waals surface area contributed by atoms with Crippen molar-refractivity contribution in [3.8, 4) is 0 Å². The van der Waals surface area contributed by atoms with Crippen LogP contribution in [0.2, 0.25) is 0 Å². The lowest BCUT2D eigenvalue weighted by molar-refractivity contribution is -0.138. The monoisotopic (exact) mass is 241 g/mol. The normalized spacial score (nSPS) is 29.5. The summed E-state index contributed by atoms with van der Waals surface area (Å²) in [5, 5.41) is 8.91. The molecule has 0 aromatic rings. The molecule has 0 bridgehead atoms. The predicted molar refractivity (Wildman–Crippen MR) is 70.1 cm³/mol. The van der Waals surface area contributed by atoms with Gasteiger partial charge in [0, 0.05) is 12.1 Å². The van der Waals surface area contributed by atoms with Gasteiger partial charge in [0.05, 0.1) is 6.42 Å². The molecule has 0 radical (unpaired) electrons. The summed E-state index contributed by atoms with van der Waals surface area (Å²) in [6.45, 7) is 12.1. The van der Waals surface area contributed by atoms with E-state index in [-0.39, 0.29) is 12.5 Å². The zero-order valence-electron chi connectivity index (χ0n) is 11.9. The van der Waals surface area contributed by atoms with Crippen molar-refractivity contribution in [2.75, 3.05) is 6.54 Å². The number of carboxylic acid groups (broad SMARTS) is 1. The van der Waals surface area contributed by atoms with Crippen LogP contribution in [0.4, 0.5) is 0 Å². The van der Waals surface area contributed by atoms with Crippen LogP contribution in [0, 0.1) is 11.3 Å². The van der Waals surface area contributed by atoms with Crippen LogP contribution < -0.4 is 0 Å². The summed E-state index contributed by atoms with van der Waals surface area (Å²) >= 11 is 0. The first-order valence-corrected chi connectivity index (χ1v) is 6.74. The van der Waals surface area contributed by atoms with Crippen molar-refractivity contribution < 1.29 is 9.90 Å². The number of hydrogen-bond donors (Lipinski definition) is 1. The highest BCUT2D eigenvalue weighted by Crippen LogP contribution is 2.43. The number of aliphatic carboxylic acids is 1. The third-order valence-corrected chi connectivity index (χ3v) is 4.12. The van der Waals surface area contributed by atoms with E-state index in [9.17, 15) is 4.79 Å². The van der Waals surface area contributed by atoms with Crippen molar-refractivity contribution in [1.29, 1.82) is 0 Å². The van der Waals surface area contributed by atoms with Crippen molar-refractivity contribution >= 4 is 5.97 Å². The Morgan fingerprint density at radius 2 is 2.06 bits per heavy atom. The van der Waals surface area contributed by atoms with E-state index in [1.54, 1.807) is 0 Å². The molecule has 1 aliphatic carbocycles. The van der Waals surface area contributed by atoms with Gasteiger partial charge in [0.25, 0.3) is 0 Å². The lowest BCUT2D eigenvalue weighted by Crippen LogP contribution is -2.44. The maximum Gasteiger partial charge on any atom is 0.304 e. The van der Waals surface area contributed by atoms with E-state index in [2.05, 4.69) is 32.6 Å². The van der Waals surface area contributed by atoms with Crippen molar-refractivity contribution in [2.45, 2.75) is 66.0 Å². The molecule has 1 fully saturated rings. The van der Waals surface area contributed by atoms with Gasteiger partial charge in [-0.1, -0.05) is 27.7 Å². The molecule has 0 heterocycles. The molecule has 0 amide bonds. The smallest absolute Gasteiger partial charge is 0.304 e. The number of rotatable bonds is 5. The van der Waals surface area contributed by atoms with Crippen LogP contribution >= 0.6 is 0 Å². The molecular formula is C14H27NO2. The lowest BCUT2D eigenvalue weighted by Gasteiger charge is -2.35. The third-order valence-electron chi connectivity index (χ3n) is 4.12. The molecule has 3 unspecified atom stereocenters. The summed E-state index contributed by atoms with van der Waals surface area (Å²) in [6.07, 6.45) is 2.68. The van der Waals surface area contributed by atoms with Crippen LogP contribution in [0.5, 0.6) is 0 Å². The van der Waals surface area contributed by atoms with E-state index in [0.29, 0.717) is 17.4 Å². The van der Waals surface area contributed by atoms with Gasteiger partial charge in [-0.05, 0) is 37.6 Å². The number of hydrogen-bond acceptors (Lipinski definition) is 2. The minimum absolute atomic E-state index is 0.138. The second-order valence-electron chi connectivity index (χ2n) is 6.39. The van der Waals surface area contributed by atoms with Crippen molar-refractivity contribution in [3.05, 3.63) is 0 Å². The molecule has 3 nitrogen and oxygen atoms in total. The number of nitrogens with zero attached hydrogens (tertiary/aromatic N) is 1. The van der Waals surface area contributed by atoms with Crippen molar-refractivity contribution in [3.63, 3.8) is 0 Å². The second-order valence-corrected chi connectivity index (χ2v) is 6.39. The molecule has 1 aliphatic rings. The SMILES string of the molecule is CCN(C(C)CC(=O)O)C1CC(C)(C)CC1C. The second kappa shape index (κ2) is 5.38. The van der Waals surface area contributed by atoms with Gasteiger partial charge in [-0.25, -0.2) is 0 Å². The molecule has 0 spiro atoms. The van der Waals surface area contributed by atoms with Crippen LogP contribution in [0.25, 0.3) is 0 Å². The summed E-state index contributed by atoms with van der Waals surface area (Å²) < 4.78 is 0. The Morgan fingerprint density at radius 1 is 1.47 bits per heavy atom. The van der Waals surface area contributed by atoms with Crippen LogP contribution in [0.15, 0.2) is 0 Å². The van der Waals surface area contributed by atoms with Crippen LogP contribution in [0.3, 0.4) is 0 Å². The maximum atomic E-state index is 10.8. The Bertz CT molecular complexity index is 275. The highest BCUT2D eigenvalue weighted by atomic mass is 16.4. The zero-order valence-corrected chi connectivity index (χ0v) is 11.9. The summed E-state index contributed by atoms with van der Waals surface area (Å²) in [5.74, 6) is -0.0259. The molecule has 0 aromatic heterocycles. The fourth-order valence-electron chi connectivity index (χ4n) is 3.55. The highest BCUT2D eigenvalue weighted by molar-refractivity contribution is 5.67. The van der Waals surface area contributed by atoms with Gasteiger partial charge in [0.15, 0.2) is 0 Å². The fourth-order valence-corrected chi connectivity index (χ4v) is 3.55. The number of carbonyl (C=O) groups is 1. The predicted octanol–water partition coefficient (Wildman–Crippen LogP) is 3.00. The first kappa shape index (κ1) is 14.5. The van der Waals surface area contributed by atoms with Crippen LogP contribution in [0.1, 0.15) is 53.9 Å². The zero-order chi connectivity index (χ0) is 13.2. The van der Waals surface area contributed by atoms with Gasteiger partial charge in [0.2, 0.25) is 0 Å². The lowest BCUT2D eigenvalue weighted by atomic mass is 9.91. The Hall–Kier alpha value is -0.570. The van der Waals surface area contributed by atoms with E-state index in [0.717, 1.165) is 6.54 Å². The minimum Gasteiger partial charge on any atom is -0.481 e. The Kier molecular flexibility index (Phi) is 4.59. The molecule has 0 saturated heterocycles. The Balaban J connectivity index is 2.71. The summed E-state index contributed by atoms with van der Waals surface area (Å²) in [7, 11) is 0. The molecule has 1 N–H and O–H groups in total. The average Bonchev–Trinajstić information content (AvgIpc) is 2.40. The van der Waals surface area contributed by atoms with Gasteiger partial charge < -0.3 is 5.11 Å². The largest absolute Gasteiger partial charge is 0.481 e. The van der Waals surface area contributed by atoms with Crippen LogP contribution in [-0.2, 0) is 4.79 Å². The van der Waals surface area contributed by atoms with E-state index in [1.807, 2.05) is 6.92 Å². The Labute approximate surface area is 105 Å². The first-order chi connectivity index (χ1) is 7.76. The highest BCUT2D eigenvalue weighted by Gasteiger charge is 2.40. The molecule has 3 atom stereocenters. The van der Waals surface area contributed by atoms with E-state index < -0.39 is 5.97 Å². The molecular weight excluding hydrogens is 214 g/mol. The molecule has 3 heteroatoms. The van der Waals surface area contributed by atoms with Gasteiger partial charge >= 0.3 is 5.97 Å². The standard InChI is InChI=1S/C14H27NO2/c1-6-15(11(3)7-13(16)17)12-9-14(4,5)8-10(12)2/h10-12H,6-9H2,1-5H3,(H,16,17). The Morgan fingerprint density at radius 3 is 2.41 bits per heavy atom. The molecule has 0 aromatic carbocycles. The number of carboxylic acids is 1. The van der Waals surface area contributed by atoms with Gasteiger partial charge in [-0.3, -0.25) is 9.69 Å². The molecule has 0 aliphatic heterocycles. The summed E-state index contributed by atoms with van der Waals surface area (Å²) in [4.78, 5) is 13.2. The average molecular weight is 241 g/mol. The van der Waals surface area contributed by atoms with Crippen molar-refractivity contribution in [1.82, 2.24) is 4.90 Å². The molecule has 17 heavy (non-hydrogen) atoms. The van der Waals surface area contributed by atoms with Gasteiger partial charge in [-0.2, -0.15) is 0 Å². The minimum atomic E-state index is -0.694. The van der Waals surface area contributed by atoms with E-state index in [1.165, 1.54) is 12.8 Å². The van der Waals surface area contributed by atoms with Crippen molar-refractivity contribution in [2.24, 2.45) is 11.3 Å².